The summed E-state index contributed by atoms with van der Waals surface area (Å²) in [5.74, 6) is 1.63. The third-order valence-electron chi connectivity index (χ3n) is 11.8. The van der Waals surface area contributed by atoms with E-state index in [1.807, 2.05) is 42.6 Å². The third-order valence-corrected chi connectivity index (χ3v) is 13.8. The smallest absolute Gasteiger partial charge is 0.216 e. The van der Waals surface area contributed by atoms with Crippen LogP contribution in [-0.2, 0) is 26.5 Å². The molecule has 319 valence electrons. The Labute approximate surface area is 388 Å². The van der Waals surface area contributed by atoms with Gasteiger partial charge in [-0.25, -0.2) is 4.98 Å². The van der Waals surface area contributed by atoms with Gasteiger partial charge < -0.3 is 14.4 Å². The minimum Gasteiger partial charge on any atom is -0.486 e. The van der Waals surface area contributed by atoms with Crippen molar-refractivity contribution in [3.05, 3.63) is 181 Å². The number of pyridine rings is 3. The molecule has 4 nitrogen and oxygen atoms in total. The second kappa shape index (κ2) is 19.7. The average molecular weight is 1020 g/mol. The predicted molar refractivity (Wildman–Crippen MR) is 263 cm³/mol. The molecule has 1 atom stereocenters. The van der Waals surface area contributed by atoms with Crippen LogP contribution in [0.25, 0.3) is 78.1 Å². The van der Waals surface area contributed by atoms with Crippen LogP contribution in [0.3, 0.4) is 0 Å². The van der Waals surface area contributed by atoms with Crippen LogP contribution >= 0.6 is 0 Å². The molecule has 0 aliphatic carbocycles. The number of fused-ring (bicyclic) bond motifs is 3. The van der Waals surface area contributed by atoms with Crippen LogP contribution in [-0.4, -0.2) is 23.0 Å². The molecule has 0 saturated heterocycles. The summed E-state index contributed by atoms with van der Waals surface area (Å²) >= 11 is 0. The Bertz CT molecular complexity index is 2880. The van der Waals surface area contributed by atoms with E-state index in [9.17, 15) is 0 Å². The molecule has 4 aromatic heterocycles. The van der Waals surface area contributed by atoms with Gasteiger partial charge in [-0.05, 0) is 81.2 Å². The molecule has 6 heteroatoms. The zero-order valence-corrected chi connectivity index (χ0v) is 40.9. The number of aromatic nitrogens is 3. The quantitative estimate of drug-likeness (QED) is 0.101. The Morgan fingerprint density at radius 1 is 0.619 bits per heavy atom. The van der Waals surface area contributed by atoms with Crippen molar-refractivity contribution in [3.8, 4) is 56.0 Å². The van der Waals surface area contributed by atoms with Gasteiger partial charge >= 0.3 is 0 Å². The van der Waals surface area contributed by atoms with Crippen molar-refractivity contribution < 1.29 is 24.5 Å². The molecule has 9 aromatic rings. The Balaban J connectivity index is 0.000000239. The molecule has 1 unspecified atom stereocenters. The fraction of sp³-hybridized carbons (Fsp3) is 0.211. The topological polar surface area (TPSA) is 51.8 Å². The molecule has 0 spiro atoms. The van der Waals surface area contributed by atoms with E-state index >= 15 is 0 Å². The normalized spacial score (nSPS) is 12.0. The summed E-state index contributed by atoms with van der Waals surface area (Å²) < 4.78 is 6.56. The van der Waals surface area contributed by atoms with Gasteiger partial charge in [0.1, 0.15) is 0 Å². The summed E-state index contributed by atoms with van der Waals surface area (Å²) in [5.41, 5.74) is 14.5. The molecule has 0 N–H and O–H groups in total. The summed E-state index contributed by atoms with van der Waals surface area (Å²) in [7, 11) is -1.34. The van der Waals surface area contributed by atoms with Gasteiger partial charge in [0.25, 0.3) is 0 Å². The van der Waals surface area contributed by atoms with Gasteiger partial charge in [0.15, 0.2) is 0 Å². The SMILES string of the molecule is CC(C)C(C)c1ccnc(-c2[c-]ccc3c2oc2nc(-c4c(-c5ccccc5)cccc4-c4ccccc4)ccc23)c1.CC(C)Cc1cc(-c2[c-]cccc2)ncc1[Si](C)(C)C.[Ir]. The van der Waals surface area contributed by atoms with Crippen molar-refractivity contribution in [3.63, 3.8) is 0 Å². The van der Waals surface area contributed by atoms with Crippen LogP contribution in [0, 0.1) is 24.0 Å². The van der Waals surface area contributed by atoms with Crippen LogP contribution in [0.5, 0.6) is 0 Å². The zero-order chi connectivity index (χ0) is 43.4. The van der Waals surface area contributed by atoms with Crippen molar-refractivity contribution >= 4 is 35.3 Å². The average Bonchev–Trinajstić information content (AvgIpc) is 3.67. The maximum Gasteiger partial charge on any atom is 0.216 e. The van der Waals surface area contributed by atoms with E-state index in [0.717, 1.165) is 78.8 Å². The van der Waals surface area contributed by atoms with Crippen molar-refractivity contribution in [2.45, 2.75) is 66.6 Å². The molecule has 0 amide bonds. The fourth-order valence-electron chi connectivity index (χ4n) is 8.23. The van der Waals surface area contributed by atoms with Gasteiger partial charge in [-0.15, -0.1) is 54.1 Å². The van der Waals surface area contributed by atoms with Gasteiger partial charge in [0.2, 0.25) is 5.71 Å². The Morgan fingerprint density at radius 2 is 1.30 bits per heavy atom. The first kappa shape index (κ1) is 45.2. The number of benzene rings is 5. The van der Waals surface area contributed by atoms with Crippen LogP contribution in [0.4, 0.5) is 0 Å². The molecule has 4 heterocycles. The van der Waals surface area contributed by atoms with Crippen molar-refractivity contribution in [1.82, 2.24) is 15.0 Å². The van der Waals surface area contributed by atoms with E-state index in [0.29, 0.717) is 23.5 Å². The summed E-state index contributed by atoms with van der Waals surface area (Å²) in [6.45, 7) is 18.5. The first-order chi connectivity index (χ1) is 30.0. The van der Waals surface area contributed by atoms with Gasteiger partial charge in [0, 0.05) is 43.4 Å². The summed E-state index contributed by atoms with van der Waals surface area (Å²) in [6.07, 6.45) is 5.13. The minimum absolute atomic E-state index is 0. The first-order valence-corrected chi connectivity index (χ1v) is 25.4. The minimum atomic E-state index is -1.34. The van der Waals surface area contributed by atoms with Crippen LogP contribution in [0.1, 0.15) is 51.7 Å². The Hall–Kier alpha value is -5.78. The third kappa shape index (κ3) is 10.1. The van der Waals surface area contributed by atoms with Gasteiger partial charge in [-0.2, -0.15) is 0 Å². The molecular formula is C57H55IrN3OSi-2. The van der Waals surface area contributed by atoms with Crippen molar-refractivity contribution in [1.29, 1.82) is 0 Å². The molecule has 0 aliphatic rings. The number of rotatable bonds is 10. The molecule has 63 heavy (non-hydrogen) atoms. The molecule has 0 aliphatic heterocycles. The van der Waals surface area contributed by atoms with E-state index in [1.165, 1.54) is 16.3 Å². The Kier molecular flexibility index (Phi) is 14.2. The second-order valence-electron chi connectivity index (χ2n) is 18.1. The first-order valence-electron chi connectivity index (χ1n) is 21.9. The van der Waals surface area contributed by atoms with Crippen LogP contribution in [0.15, 0.2) is 162 Å². The predicted octanol–water partition coefficient (Wildman–Crippen LogP) is 14.9. The number of hydrogen-bond donors (Lipinski definition) is 0. The number of furan rings is 1. The molecule has 0 bridgehead atoms. The fourth-order valence-corrected chi connectivity index (χ4v) is 9.82. The standard InChI is InChI=1S/C39H31N2O.C18H24NSi.Ir/c1-25(2)26(3)29-22-23-40-36(24-29)34-19-11-18-32-33-20-21-35(41-39(33)42-38(32)34)37-30(27-12-6-4-7-13-27)16-10-17-31(37)28-14-8-5-9-15-28;1-14(2)11-16-12-17(15-9-7-6-8-10-15)19-13-18(16)20(3,4)5;/h4-18,20-26H,1-3H3;6-9,12-14H,11H2,1-5H3;/q2*-1;. The van der Waals surface area contributed by atoms with Crippen molar-refractivity contribution in [2.24, 2.45) is 11.8 Å². The monoisotopic (exact) mass is 1020 g/mol. The molecule has 1 radical (unpaired) electrons. The van der Waals surface area contributed by atoms with E-state index in [4.69, 9.17) is 14.4 Å². The maximum absolute atomic E-state index is 6.56. The van der Waals surface area contributed by atoms with Gasteiger partial charge in [-0.3, -0.25) is 0 Å². The Morgan fingerprint density at radius 3 is 1.92 bits per heavy atom. The zero-order valence-electron chi connectivity index (χ0n) is 37.5. The van der Waals surface area contributed by atoms with E-state index < -0.39 is 8.07 Å². The molecule has 9 rings (SSSR count). The number of nitrogens with zero attached hydrogens (tertiary/aromatic N) is 3. The largest absolute Gasteiger partial charge is 0.486 e. The maximum atomic E-state index is 6.56. The van der Waals surface area contributed by atoms with E-state index in [2.05, 4.69) is 187 Å². The summed E-state index contributed by atoms with van der Waals surface area (Å²) in [6, 6.07) is 57.0. The van der Waals surface area contributed by atoms with Crippen LogP contribution in [0.2, 0.25) is 19.6 Å². The van der Waals surface area contributed by atoms with E-state index in [-0.39, 0.29) is 20.1 Å². The van der Waals surface area contributed by atoms with Gasteiger partial charge in [-0.1, -0.05) is 167 Å². The van der Waals surface area contributed by atoms with E-state index in [1.54, 1.807) is 0 Å². The molecular weight excluding hydrogens is 963 g/mol. The summed E-state index contributed by atoms with van der Waals surface area (Å²) in [5, 5.41) is 3.49. The number of hydrogen-bond acceptors (Lipinski definition) is 4. The molecule has 0 fully saturated rings. The van der Waals surface area contributed by atoms with Crippen molar-refractivity contribution in [2.75, 3.05) is 0 Å². The molecule has 5 aromatic carbocycles. The second-order valence-corrected chi connectivity index (χ2v) is 23.1. The summed E-state index contributed by atoms with van der Waals surface area (Å²) in [4.78, 5) is 14.6. The van der Waals surface area contributed by atoms with Crippen LogP contribution < -0.4 is 5.19 Å². The van der Waals surface area contributed by atoms with Gasteiger partial charge in [0.05, 0.1) is 19.4 Å². The molecule has 0 saturated carbocycles.